The highest BCUT2D eigenvalue weighted by Gasteiger charge is 2.58. The summed E-state index contributed by atoms with van der Waals surface area (Å²) in [5.41, 5.74) is 5.74. The third-order valence-electron chi connectivity index (χ3n) is 2.97. The van der Waals surface area contributed by atoms with Gasteiger partial charge in [-0.15, -0.1) is 0 Å². The van der Waals surface area contributed by atoms with Crippen molar-refractivity contribution >= 4 is 0 Å². The van der Waals surface area contributed by atoms with Gasteiger partial charge in [0.25, 0.3) is 0 Å². The van der Waals surface area contributed by atoms with E-state index in [2.05, 4.69) is 6.92 Å². The van der Waals surface area contributed by atoms with Gasteiger partial charge < -0.3 is 10.8 Å². The summed E-state index contributed by atoms with van der Waals surface area (Å²) in [5.74, 6) is 1.91. The molecule has 52 valence electrons. The average Bonchev–Trinajstić information content (AvgIpc) is 2.30. The van der Waals surface area contributed by atoms with E-state index < -0.39 is 0 Å². The van der Waals surface area contributed by atoms with E-state index in [1.807, 2.05) is 0 Å². The van der Waals surface area contributed by atoms with E-state index in [-0.39, 0.29) is 6.10 Å². The number of hydrogen-bond donors (Lipinski definition) is 2. The van der Waals surface area contributed by atoms with Crippen LogP contribution in [-0.2, 0) is 0 Å². The zero-order valence-electron chi connectivity index (χ0n) is 5.62. The summed E-state index contributed by atoms with van der Waals surface area (Å²) in [6.07, 6.45) is 0.750. The smallest absolute Gasteiger partial charge is 0.0589 e. The molecular formula is C7H13NO. The van der Waals surface area contributed by atoms with Gasteiger partial charge in [0.05, 0.1) is 6.10 Å². The van der Waals surface area contributed by atoms with E-state index in [1.165, 1.54) is 0 Å². The van der Waals surface area contributed by atoms with Crippen LogP contribution >= 0.6 is 0 Å². The van der Waals surface area contributed by atoms with Gasteiger partial charge in [-0.05, 0) is 24.2 Å². The van der Waals surface area contributed by atoms with Crippen molar-refractivity contribution in [2.45, 2.75) is 25.5 Å². The number of nitrogens with two attached hydrogens (primary N) is 1. The largest absolute Gasteiger partial charge is 0.393 e. The number of hydrogen-bond acceptors (Lipinski definition) is 2. The molecule has 0 aliphatic heterocycles. The summed E-state index contributed by atoms with van der Waals surface area (Å²) in [4.78, 5) is 0. The Kier molecular flexibility index (Phi) is 0.945. The standard InChI is InChI=1S/C7H13NO/c1-3-6-4(8)2-5(9)7(3)6/h3-7,9H,2,8H2,1H3/t3-,4+,5-,6-,7+/m0/s1. The fraction of sp³-hybridized carbons (Fsp3) is 1.00. The van der Waals surface area contributed by atoms with Crippen molar-refractivity contribution in [3.8, 4) is 0 Å². The van der Waals surface area contributed by atoms with Gasteiger partial charge in [-0.25, -0.2) is 0 Å². The first-order valence-electron chi connectivity index (χ1n) is 3.65. The quantitative estimate of drug-likeness (QED) is 0.479. The lowest BCUT2D eigenvalue weighted by atomic mass is 10.1. The lowest BCUT2D eigenvalue weighted by molar-refractivity contribution is 0.149. The molecule has 9 heavy (non-hydrogen) atoms. The zero-order valence-corrected chi connectivity index (χ0v) is 5.62. The summed E-state index contributed by atoms with van der Waals surface area (Å²) < 4.78 is 0. The highest BCUT2D eigenvalue weighted by atomic mass is 16.3. The van der Waals surface area contributed by atoms with Crippen molar-refractivity contribution in [1.29, 1.82) is 0 Å². The van der Waals surface area contributed by atoms with Crippen molar-refractivity contribution in [1.82, 2.24) is 0 Å². The van der Waals surface area contributed by atoms with E-state index >= 15 is 0 Å². The minimum absolute atomic E-state index is 0.0833. The van der Waals surface area contributed by atoms with Crippen LogP contribution in [0.1, 0.15) is 13.3 Å². The van der Waals surface area contributed by atoms with Gasteiger partial charge in [-0.1, -0.05) is 6.92 Å². The third-order valence-corrected chi connectivity index (χ3v) is 2.97. The predicted octanol–water partition coefficient (Wildman–Crippen LogP) is -0.0396. The minimum atomic E-state index is -0.0833. The highest BCUT2D eigenvalue weighted by molar-refractivity contribution is 5.09. The molecule has 0 unspecified atom stereocenters. The summed E-state index contributed by atoms with van der Waals surface area (Å²) in [5, 5.41) is 9.30. The van der Waals surface area contributed by atoms with Gasteiger partial charge >= 0.3 is 0 Å². The Labute approximate surface area is 55.1 Å². The normalized spacial score (nSPS) is 63.7. The molecule has 2 aliphatic carbocycles. The Balaban J connectivity index is 2.10. The van der Waals surface area contributed by atoms with Crippen LogP contribution in [0.25, 0.3) is 0 Å². The molecular weight excluding hydrogens is 114 g/mol. The van der Waals surface area contributed by atoms with E-state index in [0.717, 1.165) is 6.42 Å². The van der Waals surface area contributed by atoms with Crippen molar-refractivity contribution in [3.05, 3.63) is 0 Å². The van der Waals surface area contributed by atoms with Crippen molar-refractivity contribution in [2.75, 3.05) is 0 Å². The van der Waals surface area contributed by atoms with E-state index in [0.29, 0.717) is 23.8 Å². The molecule has 3 N–H and O–H groups in total. The van der Waals surface area contributed by atoms with E-state index in [1.54, 1.807) is 0 Å². The molecule has 0 saturated heterocycles. The molecule has 2 saturated carbocycles. The van der Waals surface area contributed by atoms with Gasteiger partial charge in [0.2, 0.25) is 0 Å². The molecule has 0 aromatic rings. The molecule has 0 aromatic heterocycles. The van der Waals surface area contributed by atoms with Gasteiger partial charge in [0.1, 0.15) is 0 Å². The van der Waals surface area contributed by atoms with Crippen LogP contribution in [0.15, 0.2) is 0 Å². The molecule has 2 heteroatoms. The Bertz CT molecular complexity index is 123. The summed E-state index contributed by atoms with van der Waals surface area (Å²) in [7, 11) is 0. The van der Waals surface area contributed by atoms with Gasteiger partial charge in [0.15, 0.2) is 0 Å². The monoisotopic (exact) mass is 127 g/mol. The SMILES string of the molecule is C[C@H]1[C@@H]2[C@H]1[C@@H](O)C[C@H]2N. The molecule has 0 aromatic carbocycles. The van der Waals surface area contributed by atoms with Gasteiger partial charge in [-0.3, -0.25) is 0 Å². The number of aliphatic hydroxyl groups excluding tert-OH is 1. The van der Waals surface area contributed by atoms with Crippen LogP contribution in [0.4, 0.5) is 0 Å². The number of fused-ring (bicyclic) bond motifs is 1. The fourth-order valence-corrected chi connectivity index (χ4v) is 2.40. The fourth-order valence-electron chi connectivity index (χ4n) is 2.40. The highest BCUT2D eigenvalue weighted by Crippen LogP contribution is 2.56. The Hall–Kier alpha value is -0.0800. The van der Waals surface area contributed by atoms with Crippen LogP contribution < -0.4 is 5.73 Å². The van der Waals surface area contributed by atoms with Crippen molar-refractivity contribution in [3.63, 3.8) is 0 Å². The first-order chi connectivity index (χ1) is 4.22. The van der Waals surface area contributed by atoms with E-state index in [9.17, 15) is 5.11 Å². The second kappa shape index (κ2) is 1.50. The second-order valence-electron chi connectivity index (χ2n) is 3.48. The minimum Gasteiger partial charge on any atom is -0.393 e. The average molecular weight is 127 g/mol. The van der Waals surface area contributed by atoms with Crippen LogP contribution in [0, 0.1) is 17.8 Å². The molecule has 2 nitrogen and oxygen atoms in total. The Morgan fingerprint density at radius 1 is 1.44 bits per heavy atom. The molecule has 0 heterocycles. The number of aliphatic hydroxyl groups is 1. The van der Waals surface area contributed by atoms with Crippen LogP contribution in [-0.4, -0.2) is 17.3 Å². The second-order valence-corrected chi connectivity index (χ2v) is 3.48. The number of rotatable bonds is 0. The summed E-state index contributed by atoms with van der Waals surface area (Å²) in [6, 6.07) is 0.292. The topological polar surface area (TPSA) is 46.2 Å². The molecule has 0 bridgehead atoms. The lowest BCUT2D eigenvalue weighted by Crippen LogP contribution is -2.23. The third kappa shape index (κ3) is 0.578. The summed E-state index contributed by atoms with van der Waals surface area (Å²) in [6.45, 7) is 2.18. The first kappa shape index (κ1) is 5.69. The molecule has 2 rings (SSSR count). The van der Waals surface area contributed by atoms with Crippen LogP contribution in [0.5, 0.6) is 0 Å². The maximum atomic E-state index is 9.30. The van der Waals surface area contributed by atoms with Crippen LogP contribution in [0.2, 0.25) is 0 Å². The Morgan fingerprint density at radius 3 is 2.33 bits per heavy atom. The van der Waals surface area contributed by atoms with Crippen molar-refractivity contribution in [2.24, 2.45) is 23.5 Å². The predicted molar refractivity (Wildman–Crippen MR) is 34.7 cm³/mol. The molecule has 0 amide bonds. The maximum absolute atomic E-state index is 9.30. The molecule has 2 fully saturated rings. The molecule has 5 atom stereocenters. The summed E-state index contributed by atoms with van der Waals surface area (Å²) >= 11 is 0. The lowest BCUT2D eigenvalue weighted by Gasteiger charge is -2.08. The maximum Gasteiger partial charge on any atom is 0.0589 e. The van der Waals surface area contributed by atoms with Crippen LogP contribution in [0.3, 0.4) is 0 Å². The van der Waals surface area contributed by atoms with E-state index in [4.69, 9.17) is 5.73 Å². The molecule has 0 spiro atoms. The Morgan fingerprint density at radius 2 is 2.11 bits per heavy atom. The molecule has 2 aliphatic rings. The van der Waals surface area contributed by atoms with Crippen molar-refractivity contribution < 1.29 is 5.11 Å². The van der Waals surface area contributed by atoms with Gasteiger partial charge in [0, 0.05) is 6.04 Å². The molecule has 0 radical (unpaired) electrons. The van der Waals surface area contributed by atoms with Gasteiger partial charge in [-0.2, -0.15) is 0 Å². The first-order valence-corrected chi connectivity index (χ1v) is 3.65. The zero-order chi connectivity index (χ0) is 6.59.